The molecule has 0 saturated heterocycles. The molecular formula is C12H16ClN3O2. The van der Waals surface area contributed by atoms with Gasteiger partial charge in [-0.25, -0.2) is 0 Å². The molecule has 0 heterocycles. The monoisotopic (exact) mass is 269 g/mol. The van der Waals surface area contributed by atoms with E-state index in [1.165, 1.54) is 0 Å². The van der Waals surface area contributed by atoms with E-state index in [0.717, 1.165) is 0 Å². The molecule has 1 amide bonds. The van der Waals surface area contributed by atoms with Gasteiger partial charge in [0.15, 0.2) is 5.84 Å². The third kappa shape index (κ3) is 3.13. The van der Waals surface area contributed by atoms with Crippen LogP contribution >= 0.6 is 11.6 Å². The first kappa shape index (κ1) is 14.3. The highest BCUT2D eigenvalue weighted by molar-refractivity contribution is 6.31. The zero-order valence-electron chi connectivity index (χ0n) is 10.3. The molecule has 0 saturated carbocycles. The maximum absolute atomic E-state index is 12.0. The quantitative estimate of drug-likeness (QED) is 0.338. The summed E-state index contributed by atoms with van der Waals surface area (Å²) in [5, 5.41) is 14.9. The second-order valence-electron chi connectivity index (χ2n) is 4.14. The van der Waals surface area contributed by atoms with Gasteiger partial charge in [-0.15, -0.1) is 0 Å². The van der Waals surface area contributed by atoms with Gasteiger partial charge in [0.05, 0.1) is 5.54 Å². The van der Waals surface area contributed by atoms with Crippen molar-refractivity contribution in [3.63, 3.8) is 0 Å². The van der Waals surface area contributed by atoms with Crippen LogP contribution in [-0.2, 0) is 0 Å². The smallest absolute Gasteiger partial charge is 0.252 e. The van der Waals surface area contributed by atoms with Crippen molar-refractivity contribution >= 4 is 23.3 Å². The van der Waals surface area contributed by atoms with Crippen molar-refractivity contribution in [1.29, 1.82) is 0 Å². The SMILES string of the molecule is CCC(C)(NC(=O)c1cccc(Cl)c1)/C(N)=N/O. The van der Waals surface area contributed by atoms with Crippen LogP contribution in [0, 0.1) is 0 Å². The Morgan fingerprint density at radius 3 is 2.78 bits per heavy atom. The lowest BCUT2D eigenvalue weighted by Gasteiger charge is -2.28. The first-order valence-electron chi connectivity index (χ1n) is 5.49. The van der Waals surface area contributed by atoms with Crippen molar-refractivity contribution < 1.29 is 10.0 Å². The molecule has 1 aromatic rings. The molecule has 18 heavy (non-hydrogen) atoms. The molecule has 4 N–H and O–H groups in total. The number of oxime groups is 1. The maximum atomic E-state index is 12.0. The molecule has 0 spiro atoms. The van der Waals surface area contributed by atoms with Gasteiger partial charge < -0.3 is 16.3 Å². The van der Waals surface area contributed by atoms with Crippen LogP contribution in [0.4, 0.5) is 0 Å². The number of nitrogens with zero attached hydrogens (tertiary/aromatic N) is 1. The molecular weight excluding hydrogens is 254 g/mol. The van der Waals surface area contributed by atoms with Crippen molar-refractivity contribution in [2.45, 2.75) is 25.8 Å². The van der Waals surface area contributed by atoms with Crippen LogP contribution in [0.1, 0.15) is 30.6 Å². The summed E-state index contributed by atoms with van der Waals surface area (Å²) < 4.78 is 0. The predicted molar refractivity (Wildman–Crippen MR) is 71.0 cm³/mol. The van der Waals surface area contributed by atoms with Crippen molar-refractivity contribution in [2.24, 2.45) is 10.9 Å². The van der Waals surface area contributed by atoms with Gasteiger partial charge in [-0.1, -0.05) is 29.7 Å². The third-order valence-electron chi connectivity index (χ3n) is 2.86. The standard InChI is InChI=1S/C12H16ClN3O2/c1-3-12(2,11(14)16-18)15-10(17)8-5-4-6-9(13)7-8/h4-7,18H,3H2,1-2H3,(H2,14,16)(H,15,17). The summed E-state index contributed by atoms with van der Waals surface area (Å²) in [4.78, 5) is 12.0. The number of nitrogens with two attached hydrogens (primary N) is 1. The normalized spacial score (nSPS) is 14.9. The fourth-order valence-electron chi connectivity index (χ4n) is 1.40. The highest BCUT2D eigenvalue weighted by Gasteiger charge is 2.29. The Labute approximate surface area is 111 Å². The number of halogens is 1. The number of carbonyl (C=O) groups excluding carboxylic acids is 1. The van der Waals surface area contributed by atoms with E-state index in [1.54, 1.807) is 31.2 Å². The van der Waals surface area contributed by atoms with E-state index in [0.29, 0.717) is 17.0 Å². The third-order valence-corrected chi connectivity index (χ3v) is 3.09. The molecule has 98 valence electrons. The highest BCUT2D eigenvalue weighted by Crippen LogP contribution is 2.14. The summed E-state index contributed by atoms with van der Waals surface area (Å²) in [6.07, 6.45) is 0.495. The lowest BCUT2D eigenvalue weighted by atomic mass is 9.97. The van der Waals surface area contributed by atoms with Gasteiger partial charge in [-0.2, -0.15) is 0 Å². The van der Waals surface area contributed by atoms with Gasteiger partial charge in [-0.05, 0) is 31.5 Å². The molecule has 0 aromatic heterocycles. The van der Waals surface area contributed by atoms with Crippen LogP contribution in [0.15, 0.2) is 29.4 Å². The van der Waals surface area contributed by atoms with Crippen LogP contribution in [0.5, 0.6) is 0 Å². The van der Waals surface area contributed by atoms with E-state index < -0.39 is 5.54 Å². The number of carbonyl (C=O) groups is 1. The van der Waals surface area contributed by atoms with E-state index >= 15 is 0 Å². The van der Waals surface area contributed by atoms with Gasteiger partial charge in [0.1, 0.15) is 0 Å². The van der Waals surface area contributed by atoms with E-state index in [1.807, 2.05) is 6.92 Å². The highest BCUT2D eigenvalue weighted by atomic mass is 35.5. The number of nitrogens with one attached hydrogen (secondary N) is 1. The van der Waals surface area contributed by atoms with Gasteiger partial charge in [0.25, 0.3) is 5.91 Å². The summed E-state index contributed by atoms with van der Waals surface area (Å²) >= 11 is 5.82. The first-order chi connectivity index (χ1) is 8.42. The summed E-state index contributed by atoms with van der Waals surface area (Å²) in [7, 11) is 0. The van der Waals surface area contributed by atoms with Gasteiger partial charge in [0.2, 0.25) is 0 Å². The van der Waals surface area contributed by atoms with Crippen LogP contribution in [-0.4, -0.2) is 22.5 Å². The molecule has 0 fully saturated rings. The number of amidine groups is 1. The van der Waals surface area contributed by atoms with Crippen LogP contribution in [0.25, 0.3) is 0 Å². The number of benzene rings is 1. The average molecular weight is 270 g/mol. The van der Waals surface area contributed by atoms with Gasteiger partial charge in [-0.3, -0.25) is 4.79 Å². The summed E-state index contributed by atoms with van der Waals surface area (Å²) in [6, 6.07) is 6.56. The molecule has 0 aliphatic rings. The molecule has 1 unspecified atom stereocenters. The van der Waals surface area contributed by atoms with E-state index in [2.05, 4.69) is 10.5 Å². The molecule has 6 heteroatoms. The summed E-state index contributed by atoms with van der Waals surface area (Å²) in [5.74, 6) is -0.367. The topological polar surface area (TPSA) is 87.7 Å². The van der Waals surface area contributed by atoms with Crippen molar-refractivity contribution in [3.05, 3.63) is 34.9 Å². The second-order valence-corrected chi connectivity index (χ2v) is 4.57. The molecule has 5 nitrogen and oxygen atoms in total. The average Bonchev–Trinajstić information content (AvgIpc) is 2.37. The minimum Gasteiger partial charge on any atom is -0.409 e. The largest absolute Gasteiger partial charge is 0.409 e. The minimum absolute atomic E-state index is 0.0413. The minimum atomic E-state index is -0.895. The Balaban J connectivity index is 2.93. The summed E-state index contributed by atoms with van der Waals surface area (Å²) in [5.41, 5.74) is 5.11. The Bertz CT molecular complexity index is 476. The van der Waals surface area contributed by atoms with Crippen molar-refractivity contribution in [2.75, 3.05) is 0 Å². The molecule has 1 rings (SSSR count). The lowest BCUT2D eigenvalue weighted by molar-refractivity contribution is 0.0925. The van der Waals surface area contributed by atoms with Gasteiger partial charge >= 0.3 is 0 Å². The number of hydrogen-bond donors (Lipinski definition) is 3. The van der Waals surface area contributed by atoms with E-state index in [4.69, 9.17) is 22.5 Å². The van der Waals surface area contributed by atoms with Crippen molar-refractivity contribution in [1.82, 2.24) is 5.32 Å². The Morgan fingerprint density at radius 1 is 1.61 bits per heavy atom. The van der Waals surface area contributed by atoms with E-state index in [9.17, 15) is 4.79 Å². The molecule has 1 atom stereocenters. The van der Waals surface area contributed by atoms with Crippen molar-refractivity contribution in [3.8, 4) is 0 Å². The Kier molecular flexibility index (Phi) is 4.55. The molecule has 0 radical (unpaired) electrons. The fraction of sp³-hybridized carbons (Fsp3) is 0.333. The first-order valence-corrected chi connectivity index (χ1v) is 5.87. The Hall–Kier alpha value is -1.75. The Morgan fingerprint density at radius 2 is 2.28 bits per heavy atom. The number of rotatable bonds is 4. The van der Waals surface area contributed by atoms with Gasteiger partial charge in [0, 0.05) is 10.6 Å². The number of hydrogen-bond acceptors (Lipinski definition) is 3. The van der Waals surface area contributed by atoms with E-state index in [-0.39, 0.29) is 11.7 Å². The van der Waals surface area contributed by atoms with Crippen LogP contribution in [0.2, 0.25) is 5.02 Å². The molecule has 0 bridgehead atoms. The number of amides is 1. The zero-order chi connectivity index (χ0) is 13.8. The van der Waals surface area contributed by atoms with Crippen LogP contribution in [0.3, 0.4) is 0 Å². The lowest BCUT2D eigenvalue weighted by Crippen LogP contribution is -2.55. The predicted octanol–water partition coefficient (Wildman–Crippen LogP) is 1.98. The fourth-order valence-corrected chi connectivity index (χ4v) is 1.59. The zero-order valence-corrected chi connectivity index (χ0v) is 11.0. The molecule has 1 aromatic carbocycles. The molecule has 0 aliphatic heterocycles. The second kappa shape index (κ2) is 5.73. The molecule has 0 aliphatic carbocycles. The maximum Gasteiger partial charge on any atom is 0.252 e. The van der Waals surface area contributed by atoms with Crippen LogP contribution < -0.4 is 11.1 Å². The summed E-state index contributed by atoms with van der Waals surface area (Å²) in [6.45, 7) is 3.51.